The van der Waals surface area contributed by atoms with Crippen molar-refractivity contribution in [1.29, 1.82) is 0 Å². The predicted molar refractivity (Wildman–Crippen MR) is 151 cm³/mol. The summed E-state index contributed by atoms with van der Waals surface area (Å²) in [6, 6.07) is 10.7. The van der Waals surface area contributed by atoms with Crippen molar-refractivity contribution in [2.75, 3.05) is 37.4 Å². The third kappa shape index (κ3) is 5.63. The van der Waals surface area contributed by atoms with Gasteiger partial charge in [0.25, 0.3) is 11.8 Å². The molecule has 5 rings (SSSR count). The Bertz CT molecular complexity index is 1430. The Labute approximate surface area is 235 Å². The number of piperidine rings is 1. The minimum atomic E-state index is -0.595. The number of allylic oxidation sites excluding steroid dienone is 1. The summed E-state index contributed by atoms with van der Waals surface area (Å²) in [4.78, 5) is 32.5. The van der Waals surface area contributed by atoms with Crippen LogP contribution in [0.2, 0.25) is 0 Å². The first kappa shape index (κ1) is 26.7. The molecule has 1 aromatic heterocycles. The fourth-order valence-corrected chi connectivity index (χ4v) is 5.59. The zero-order valence-electron chi connectivity index (χ0n) is 22.2. The number of carbonyl (C=O) groups excluding carboxylic acids is 2. The van der Waals surface area contributed by atoms with Gasteiger partial charge in [-0.15, -0.1) is 0 Å². The van der Waals surface area contributed by atoms with Crippen molar-refractivity contribution in [1.82, 2.24) is 19.7 Å². The van der Waals surface area contributed by atoms with Crippen molar-refractivity contribution in [3.05, 3.63) is 69.6 Å². The van der Waals surface area contributed by atoms with Crippen molar-refractivity contribution in [2.24, 2.45) is 0 Å². The normalized spacial score (nSPS) is 16.8. The Morgan fingerprint density at radius 2 is 1.95 bits per heavy atom. The molecule has 2 N–H and O–H groups in total. The minimum Gasteiger partial charge on any atom is -0.493 e. The van der Waals surface area contributed by atoms with Crippen LogP contribution in [0.4, 0.5) is 11.6 Å². The number of hydrogen-bond donors (Lipinski definition) is 2. The van der Waals surface area contributed by atoms with Crippen LogP contribution in [0.25, 0.3) is 0 Å². The zero-order valence-corrected chi connectivity index (χ0v) is 23.7. The first-order chi connectivity index (χ1) is 18.9. The number of aryl methyl sites for hydroxylation is 1. The first-order valence-electron chi connectivity index (χ1n) is 12.9. The number of hydrogen-bond acceptors (Lipinski definition) is 7. The van der Waals surface area contributed by atoms with Crippen LogP contribution in [0, 0.1) is 6.92 Å². The fraction of sp³-hybridized carbons (Fsp3) is 0.357. The lowest BCUT2D eigenvalue weighted by atomic mass is 9.94. The van der Waals surface area contributed by atoms with Gasteiger partial charge < -0.3 is 25.0 Å². The molecule has 1 fully saturated rings. The predicted octanol–water partition coefficient (Wildman–Crippen LogP) is 4.68. The fourth-order valence-electron chi connectivity index (χ4n) is 5.02. The van der Waals surface area contributed by atoms with Crippen LogP contribution < -0.4 is 20.1 Å². The molecule has 10 nitrogen and oxygen atoms in total. The maximum absolute atomic E-state index is 13.7. The molecule has 0 spiro atoms. The average molecular weight is 595 g/mol. The lowest BCUT2D eigenvalue weighted by molar-refractivity contribution is -0.134. The summed E-state index contributed by atoms with van der Waals surface area (Å²) in [5.74, 6) is 1.06. The van der Waals surface area contributed by atoms with E-state index in [4.69, 9.17) is 9.47 Å². The van der Waals surface area contributed by atoms with E-state index in [1.165, 1.54) is 6.33 Å². The summed E-state index contributed by atoms with van der Waals surface area (Å²) in [6.07, 6.45) is 4.62. The van der Waals surface area contributed by atoms with Crippen LogP contribution in [0.3, 0.4) is 0 Å². The molecule has 3 heterocycles. The number of ether oxygens (including phenoxy) is 2. The second-order valence-electron chi connectivity index (χ2n) is 9.68. The number of halogens is 1. The van der Waals surface area contributed by atoms with Gasteiger partial charge in [-0.1, -0.05) is 12.1 Å². The molecule has 0 saturated carbocycles. The van der Waals surface area contributed by atoms with E-state index < -0.39 is 6.04 Å². The van der Waals surface area contributed by atoms with Crippen LogP contribution in [0.15, 0.2) is 58.5 Å². The molecule has 1 saturated heterocycles. The van der Waals surface area contributed by atoms with Crippen molar-refractivity contribution in [3.8, 4) is 11.5 Å². The molecular formula is C28H31BrN6O4. The number of amides is 2. The third-order valence-corrected chi connectivity index (χ3v) is 7.52. The molecule has 2 aliphatic rings. The Hall–Kier alpha value is -3.86. The van der Waals surface area contributed by atoms with Gasteiger partial charge in [0, 0.05) is 24.5 Å². The van der Waals surface area contributed by atoms with Crippen molar-refractivity contribution in [2.45, 2.75) is 39.2 Å². The Morgan fingerprint density at radius 3 is 2.69 bits per heavy atom. The van der Waals surface area contributed by atoms with Crippen LogP contribution in [-0.2, 0) is 9.59 Å². The molecule has 2 amide bonds. The molecule has 2 aliphatic heterocycles. The number of anilines is 2. The van der Waals surface area contributed by atoms with Gasteiger partial charge in [-0.05, 0) is 84.4 Å². The van der Waals surface area contributed by atoms with E-state index in [1.54, 1.807) is 17.9 Å². The molecular weight excluding hydrogens is 564 g/mol. The quantitative estimate of drug-likeness (QED) is 0.408. The molecule has 39 heavy (non-hydrogen) atoms. The van der Waals surface area contributed by atoms with E-state index in [0.717, 1.165) is 43.5 Å². The summed E-state index contributed by atoms with van der Waals surface area (Å²) < 4.78 is 13.9. The maximum atomic E-state index is 13.7. The molecule has 0 radical (unpaired) electrons. The van der Waals surface area contributed by atoms with E-state index in [9.17, 15) is 9.59 Å². The van der Waals surface area contributed by atoms with Crippen molar-refractivity contribution >= 4 is 39.4 Å². The molecule has 11 heteroatoms. The molecule has 204 valence electrons. The van der Waals surface area contributed by atoms with Crippen molar-refractivity contribution in [3.63, 3.8) is 0 Å². The molecule has 0 aliphatic carbocycles. The summed E-state index contributed by atoms with van der Waals surface area (Å²) in [5, 5.41) is 10.6. The first-order valence-corrected chi connectivity index (χ1v) is 13.7. The number of fused-ring (bicyclic) bond motifs is 1. The largest absolute Gasteiger partial charge is 0.493 e. The molecule has 1 atom stereocenters. The number of aromatic nitrogens is 3. The molecule has 2 aromatic carbocycles. The monoisotopic (exact) mass is 594 g/mol. The van der Waals surface area contributed by atoms with E-state index in [2.05, 4.69) is 36.6 Å². The van der Waals surface area contributed by atoms with E-state index in [0.29, 0.717) is 38.9 Å². The van der Waals surface area contributed by atoms with Crippen LogP contribution >= 0.6 is 15.9 Å². The number of carbonyl (C=O) groups is 2. The molecule has 0 bridgehead atoms. The Balaban J connectivity index is 1.46. The van der Waals surface area contributed by atoms with Gasteiger partial charge >= 0.3 is 0 Å². The van der Waals surface area contributed by atoms with Gasteiger partial charge in [-0.25, -0.2) is 4.68 Å². The lowest BCUT2D eigenvalue weighted by Crippen LogP contribution is -2.38. The highest BCUT2D eigenvalue weighted by atomic mass is 79.9. The second-order valence-corrected chi connectivity index (χ2v) is 10.5. The average Bonchev–Trinajstić information content (AvgIpc) is 3.39. The van der Waals surface area contributed by atoms with E-state index in [1.807, 2.05) is 49.1 Å². The maximum Gasteiger partial charge on any atom is 0.260 e. The number of rotatable bonds is 7. The Morgan fingerprint density at radius 1 is 1.15 bits per heavy atom. The summed E-state index contributed by atoms with van der Waals surface area (Å²) in [6.45, 7) is 5.24. The summed E-state index contributed by atoms with van der Waals surface area (Å²) in [5.41, 5.74) is 3.61. The van der Waals surface area contributed by atoms with Gasteiger partial charge in [0.15, 0.2) is 18.1 Å². The van der Waals surface area contributed by atoms with Gasteiger partial charge in [-0.3, -0.25) is 9.59 Å². The smallest absolute Gasteiger partial charge is 0.260 e. The van der Waals surface area contributed by atoms with Gasteiger partial charge in [0.1, 0.15) is 12.4 Å². The molecule has 1 unspecified atom stereocenters. The number of nitrogens with one attached hydrogen (secondary N) is 2. The van der Waals surface area contributed by atoms with Crippen LogP contribution in [0.1, 0.15) is 43.4 Å². The lowest BCUT2D eigenvalue weighted by Gasteiger charge is -2.29. The number of benzene rings is 2. The van der Waals surface area contributed by atoms with Crippen LogP contribution in [-0.4, -0.2) is 58.3 Å². The van der Waals surface area contributed by atoms with E-state index >= 15 is 0 Å². The van der Waals surface area contributed by atoms with E-state index in [-0.39, 0.29) is 18.4 Å². The van der Waals surface area contributed by atoms with Gasteiger partial charge in [0.2, 0.25) is 5.95 Å². The standard InChI is InChI=1S/C28H31BrN6O4/c1-17-8-7-9-20(12-17)33-27(37)24-18(2)32-28-30-16-31-35(28)25(24)19-13-21(29)26(22(14-19)38-3)39-15-23(36)34-10-5-4-6-11-34/h7-9,12-14,16,25H,4-6,10-11,15H2,1-3H3,(H,33,37)(H,30,31,32). The number of nitrogens with zero attached hydrogens (tertiary/aromatic N) is 4. The number of methoxy groups -OCH3 is 1. The van der Waals surface area contributed by atoms with Gasteiger partial charge in [0.05, 0.1) is 17.2 Å². The second kappa shape index (κ2) is 11.5. The third-order valence-electron chi connectivity index (χ3n) is 6.93. The summed E-state index contributed by atoms with van der Waals surface area (Å²) >= 11 is 3.61. The highest BCUT2D eigenvalue weighted by Crippen LogP contribution is 2.42. The highest BCUT2D eigenvalue weighted by Gasteiger charge is 2.34. The van der Waals surface area contributed by atoms with Crippen LogP contribution in [0.5, 0.6) is 11.5 Å². The minimum absolute atomic E-state index is 0.0491. The number of likely N-dealkylation sites (tertiary alicyclic amines) is 1. The Kier molecular flexibility index (Phi) is 7.87. The van der Waals surface area contributed by atoms with Crippen molar-refractivity contribution < 1.29 is 19.1 Å². The molecule has 3 aromatic rings. The van der Waals surface area contributed by atoms with Gasteiger partial charge in [-0.2, -0.15) is 10.1 Å². The summed E-state index contributed by atoms with van der Waals surface area (Å²) in [7, 11) is 1.54. The highest BCUT2D eigenvalue weighted by molar-refractivity contribution is 9.10. The zero-order chi connectivity index (χ0) is 27.5. The SMILES string of the molecule is COc1cc(C2C(C(=O)Nc3cccc(C)c3)=C(C)Nc3ncnn32)cc(Br)c1OCC(=O)N1CCCCC1. The topological polar surface area (TPSA) is 111 Å².